The van der Waals surface area contributed by atoms with Gasteiger partial charge in [-0.05, 0) is 25.0 Å². The van der Waals surface area contributed by atoms with E-state index in [1.54, 1.807) is 19.2 Å². The van der Waals surface area contributed by atoms with Crippen molar-refractivity contribution in [2.45, 2.75) is 18.9 Å². The van der Waals surface area contributed by atoms with E-state index in [1.165, 1.54) is 6.07 Å². The zero-order valence-electron chi connectivity index (χ0n) is 8.67. The van der Waals surface area contributed by atoms with E-state index < -0.39 is 0 Å². The lowest BCUT2D eigenvalue weighted by atomic mass is 10.0. The predicted molar refractivity (Wildman–Crippen MR) is 59.4 cm³/mol. The molecule has 1 aromatic rings. The van der Waals surface area contributed by atoms with Crippen LogP contribution in [0.5, 0.6) is 0 Å². The summed E-state index contributed by atoms with van der Waals surface area (Å²) in [6.45, 7) is 0.642. The largest absolute Gasteiger partial charge is 0.385 e. The number of benzene rings is 1. The Morgan fingerprint density at radius 1 is 1.53 bits per heavy atom. The average molecular weight is 232 g/mol. The molecule has 2 nitrogen and oxygen atoms in total. The molecule has 0 fully saturated rings. The summed E-state index contributed by atoms with van der Waals surface area (Å²) < 4.78 is 18.3. The van der Waals surface area contributed by atoms with Crippen molar-refractivity contribution < 1.29 is 9.13 Å². The fraction of sp³-hybridized carbons (Fsp3) is 0.455. The van der Waals surface area contributed by atoms with E-state index in [4.69, 9.17) is 22.1 Å². The van der Waals surface area contributed by atoms with Gasteiger partial charge in [0.25, 0.3) is 0 Å². The Morgan fingerprint density at radius 3 is 2.87 bits per heavy atom. The molecule has 0 radical (unpaired) electrons. The van der Waals surface area contributed by atoms with Gasteiger partial charge in [0.05, 0.1) is 0 Å². The Balaban J connectivity index is 2.61. The molecule has 1 unspecified atom stereocenters. The van der Waals surface area contributed by atoms with Crippen LogP contribution < -0.4 is 5.73 Å². The molecular formula is C11H15ClFNO. The number of hydrogen-bond donors (Lipinski definition) is 1. The zero-order chi connectivity index (χ0) is 11.3. The second kappa shape index (κ2) is 6.05. The maximum atomic E-state index is 13.4. The molecule has 4 heteroatoms. The molecule has 1 aromatic carbocycles. The predicted octanol–water partition coefficient (Wildman–Crippen LogP) is 2.91. The van der Waals surface area contributed by atoms with E-state index in [-0.39, 0.29) is 11.9 Å². The highest BCUT2D eigenvalue weighted by molar-refractivity contribution is 6.30. The van der Waals surface area contributed by atoms with Crippen LogP contribution in [0.25, 0.3) is 0 Å². The van der Waals surface area contributed by atoms with E-state index in [9.17, 15) is 4.39 Å². The summed E-state index contributed by atoms with van der Waals surface area (Å²) in [5, 5.41) is 0.389. The molecule has 84 valence electrons. The first-order valence-corrected chi connectivity index (χ1v) is 5.22. The molecule has 0 aliphatic heterocycles. The fourth-order valence-electron chi connectivity index (χ4n) is 1.41. The Morgan fingerprint density at radius 2 is 2.27 bits per heavy atom. The minimum Gasteiger partial charge on any atom is -0.385 e. The highest BCUT2D eigenvalue weighted by atomic mass is 35.5. The first kappa shape index (κ1) is 12.4. The SMILES string of the molecule is COCCCC(N)c1ccc(Cl)cc1F. The summed E-state index contributed by atoms with van der Waals surface area (Å²) in [5.74, 6) is -0.340. The third-order valence-corrected chi connectivity index (χ3v) is 2.46. The topological polar surface area (TPSA) is 35.2 Å². The van der Waals surface area contributed by atoms with Gasteiger partial charge in [0.1, 0.15) is 5.82 Å². The molecular weight excluding hydrogens is 217 g/mol. The summed E-state index contributed by atoms with van der Waals surface area (Å²) in [7, 11) is 1.63. The van der Waals surface area contributed by atoms with E-state index in [1.807, 2.05) is 0 Å². The first-order chi connectivity index (χ1) is 7.15. The van der Waals surface area contributed by atoms with Gasteiger partial charge < -0.3 is 10.5 Å². The Bertz CT molecular complexity index is 319. The van der Waals surface area contributed by atoms with Crippen molar-refractivity contribution in [2.75, 3.05) is 13.7 Å². The first-order valence-electron chi connectivity index (χ1n) is 4.84. The van der Waals surface area contributed by atoms with Crippen LogP contribution in [0.2, 0.25) is 5.02 Å². The molecule has 0 aliphatic rings. The zero-order valence-corrected chi connectivity index (χ0v) is 9.43. The second-order valence-corrected chi connectivity index (χ2v) is 3.84. The van der Waals surface area contributed by atoms with Crippen molar-refractivity contribution in [3.63, 3.8) is 0 Å². The lowest BCUT2D eigenvalue weighted by molar-refractivity contribution is 0.190. The Labute approximate surface area is 94.2 Å². The summed E-state index contributed by atoms with van der Waals surface area (Å²) >= 11 is 5.65. The summed E-state index contributed by atoms with van der Waals surface area (Å²) in [4.78, 5) is 0. The van der Waals surface area contributed by atoms with Crippen molar-refractivity contribution in [1.82, 2.24) is 0 Å². The van der Waals surface area contributed by atoms with Crippen LogP contribution in [0, 0.1) is 5.82 Å². The van der Waals surface area contributed by atoms with Gasteiger partial charge in [-0.15, -0.1) is 0 Å². The van der Waals surface area contributed by atoms with Crippen molar-refractivity contribution in [2.24, 2.45) is 5.73 Å². The number of nitrogens with two attached hydrogens (primary N) is 1. The van der Waals surface area contributed by atoms with Crippen LogP contribution in [0.15, 0.2) is 18.2 Å². The lowest BCUT2D eigenvalue weighted by Crippen LogP contribution is -2.12. The van der Waals surface area contributed by atoms with Gasteiger partial charge in [-0.1, -0.05) is 17.7 Å². The number of rotatable bonds is 5. The Kier molecular flexibility index (Phi) is 5.02. The number of hydrogen-bond acceptors (Lipinski definition) is 2. The van der Waals surface area contributed by atoms with Gasteiger partial charge >= 0.3 is 0 Å². The summed E-state index contributed by atoms with van der Waals surface area (Å²) in [5.41, 5.74) is 6.36. The Hall–Kier alpha value is -0.640. The summed E-state index contributed by atoms with van der Waals surface area (Å²) in [6, 6.07) is 4.27. The van der Waals surface area contributed by atoms with E-state index in [0.717, 1.165) is 6.42 Å². The second-order valence-electron chi connectivity index (χ2n) is 3.41. The molecule has 2 N–H and O–H groups in total. The van der Waals surface area contributed by atoms with Crippen molar-refractivity contribution in [3.8, 4) is 0 Å². The third kappa shape index (κ3) is 3.78. The van der Waals surface area contributed by atoms with Gasteiger partial charge in [-0.2, -0.15) is 0 Å². The van der Waals surface area contributed by atoms with Gasteiger partial charge in [0.2, 0.25) is 0 Å². The smallest absolute Gasteiger partial charge is 0.129 e. The minimum atomic E-state index is -0.340. The lowest BCUT2D eigenvalue weighted by Gasteiger charge is -2.12. The third-order valence-electron chi connectivity index (χ3n) is 2.23. The normalized spacial score (nSPS) is 12.8. The molecule has 0 saturated heterocycles. The molecule has 0 saturated carbocycles. The number of methoxy groups -OCH3 is 1. The van der Waals surface area contributed by atoms with Crippen molar-refractivity contribution >= 4 is 11.6 Å². The van der Waals surface area contributed by atoms with E-state index >= 15 is 0 Å². The molecule has 0 spiro atoms. The standard InChI is InChI=1S/C11H15ClFNO/c1-15-6-2-3-11(14)9-5-4-8(12)7-10(9)13/h4-5,7,11H,2-3,6,14H2,1H3. The monoisotopic (exact) mass is 231 g/mol. The quantitative estimate of drug-likeness (QED) is 0.791. The number of ether oxygens (including phenoxy) is 1. The van der Waals surface area contributed by atoms with Crippen molar-refractivity contribution in [1.29, 1.82) is 0 Å². The summed E-state index contributed by atoms with van der Waals surface area (Å²) in [6.07, 6.45) is 1.52. The highest BCUT2D eigenvalue weighted by Crippen LogP contribution is 2.22. The minimum absolute atomic E-state index is 0.294. The molecule has 0 aliphatic carbocycles. The van der Waals surface area contributed by atoms with Gasteiger partial charge in [-0.3, -0.25) is 0 Å². The van der Waals surface area contributed by atoms with Gasteiger partial charge in [0, 0.05) is 30.3 Å². The molecule has 1 atom stereocenters. The fourth-order valence-corrected chi connectivity index (χ4v) is 1.56. The molecule has 0 bridgehead atoms. The maximum Gasteiger partial charge on any atom is 0.129 e. The molecule has 15 heavy (non-hydrogen) atoms. The molecule has 0 aromatic heterocycles. The maximum absolute atomic E-state index is 13.4. The van der Waals surface area contributed by atoms with E-state index in [2.05, 4.69) is 0 Å². The van der Waals surface area contributed by atoms with Crippen molar-refractivity contribution in [3.05, 3.63) is 34.6 Å². The highest BCUT2D eigenvalue weighted by Gasteiger charge is 2.11. The average Bonchev–Trinajstić information content (AvgIpc) is 2.17. The van der Waals surface area contributed by atoms with Gasteiger partial charge in [0.15, 0.2) is 0 Å². The van der Waals surface area contributed by atoms with Crippen LogP contribution in [0.4, 0.5) is 4.39 Å². The van der Waals surface area contributed by atoms with Crippen LogP contribution in [-0.4, -0.2) is 13.7 Å². The van der Waals surface area contributed by atoms with E-state index in [0.29, 0.717) is 23.6 Å². The number of halogens is 2. The molecule has 1 rings (SSSR count). The van der Waals surface area contributed by atoms with Crippen LogP contribution in [0.3, 0.4) is 0 Å². The molecule has 0 heterocycles. The van der Waals surface area contributed by atoms with Crippen LogP contribution >= 0.6 is 11.6 Å². The van der Waals surface area contributed by atoms with Gasteiger partial charge in [-0.25, -0.2) is 4.39 Å². The van der Waals surface area contributed by atoms with Crippen LogP contribution in [-0.2, 0) is 4.74 Å². The van der Waals surface area contributed by atoms with Crippen LogP contribution in [0.1, 0.15) is 24.4 Å². The molecule has 0 amide bonds.